The van der Waals surface area contributed by atoms with Crippen LogP contribution in [0.15, 0.2) is 82.3 Å². The Morgan fingerprint density at radius 2 is 1.35 bits per heavy atom. The van der Waals surface area contributed by atoms with E-state index < -0.39 is 4.92 Å². The fourth-order valence-electron chi connectivity index (χ4n) is 2.50. The van der Waals surface area contributed by atoms with Crippen molar-refractivity contribution in [2.45, 2.75) is 0 Å². The van der Waals surface area contributed by atoms with Crippen molar-refractivity contribution in [3.63, 3.8) is 0 Å². The molecule has 0 saturated heterocycles. The van der Waals surface area contributed by atoms with Crippen molar-refractivity contribution < 1.29 is 9.34 Å². The van der Waals surface area contributed by atoms with Crippen LogP contribution in [0.5, 0.6) is 0 Å². The normalized spacial score (nSPS) is 10.7. The van der Waals surface area contributed by atoms with Crippen LogP contribution in [-0.4, -0.2) is 26.1 Å². The van der Waals surface area contributed by atoms with Crippen LogP contribution in [0.3, 0.4) is 0 Å². The summed E-state index contributed by atoms with van der Waals surface area (Å²) in [6.07, 6.45) is 1.28. The van der Waals surface area contributed by atoms with E-state index in [0.717, 1.165) is 11.4 Å². The number of rotatable bonds is 8. The maximum atomic E-state index is 10.7. The van der Waals surface area contributed by atoms with Crippen LogP contribution in [0.2, 0.25) is 0 Å². The molecule has 0 spiro atoms. The molecule has 2 aromatic heterocycles. The highest BCUT2D eigenvalue weighted by atomic mass is 16.6. The Bertz CT molecular complexity index is 1140. The summed E-state index contributed by atoms with van der Waals surface area (Å²) in [5.74, 6) is 0.588. The molecule has 31 heavy (non-hydrogen) atoms. The molecule has 0 amide bonds. The Balaban J connectivity index is 1.55. The number of hydrazone groups is 1. The molecule has 2 aromatic carbocycles. The smallest absolute Gasteiger partial charge is 0.400 e. The van der Waals surface area contributed by atoms with Gasteiger partial charge in [-0.2, -0.15) is 20.1 Å². The minimum Gasteiger partial charge on any atom is -0.400 e. The Kier molecular flexibility index (Phi) is 5.75. The van der Waals surface area contributed by atoms with Crippen molar-refractivity contribution in [1.29, 1.82) is 0 Å². The number of nitro groups is 1. The molecule has 11 heteroatoms. The number of para-hydroxylation sites is 2. The fourth-order valence-corrected chi connectivity index (χ4v) is 2.50. The first-order chi connectivity index (χ1) is 15.2. The van der Waals surface area contributed by atoms with Crippen molar-refractivity contribution in [1.82, 2.24) is 15.0 Å². The van der Waals surface area contributed by atoms with Crippen LogP contribution in [0.1, 0.15) is 5.76 Å². The molecule has 4 rings (SSSR count). The van der Waals surface area contributed by atoms with Crippen LogP contribution in [0.4, 0.5) is 35.1 Å². The molecule has 0 bridgehead atoms. The predicted octanol–water partition coefficient (Wildman–Crippen LogP) is 4.31. The summed E-state index contributed by atoms with van der Waals surface area (Å²) >= 11 is 0. The zero-order valence-corrected chi connectivity index (χ0v) is 16.0. The van der Waals surface area contributed by atoms with Gasteiger partial charge < -0.3 is 15.1 Å². The molecule has 4 aromatic rings. The van der Waals surface area contributed by atoms with Gasteiger partial charge in [-0.15, -0.1) is 0 Å². The van der Waals surface area contributed by atoms with Gasteiger partial charge in [0.15, 0.2) is 5.76 Å². The van der Waals surface area contributed by atoms with Crippen LogP contribution < -0.4 is 16.1 Å². The van der Waals surface area contributed by atoms with E-state index in [1.807, 2.05) is 60.7 Å². The van der Waals surface area contributed by atoms with E-state index in [0.29, 0.717) is 11.9 Å². The molecule has 0 unspecified atom stereocenters. The highest BCUT2D eigenvalue weighted by Crippen LogP contribution is 2.18. The molecule has 3 N–H and O–H groups in total. The molecule has 0 fully saturated rings. The maximum absolute atomic E-state index is 10.7. The Hall–Kier alpha value is -4.80. The lowest BCUT2D eigenvalue weighted by Gasteiger charge is -2.10. The number of benzene rings is 2. The first kappa shape index (κ1) is 19.5. The van der Waals surface area contributed by atoms with Crippen molar-refractivity contribution in [3.8, 4) is 0 Å². The van der Waals surface area contributed by atoms with E-state index >= 15 is 0 Å². The molecule has 0 aliphatic heterocycles. The van der Waals surface area contributed by atoms with Crippen LogP contribution in [-0.2, 0) is 0 Å². The van der Waals surface area contributed by atoms with Gasteiger partial charge in [-0.3, -0.25) is 10.1 Å². The van der Waals surface area contributed by atoms with Crippen molar-refractivity contribution >= 4 is 41.3 Å². The monoisotopic (exact) mass is 416 g/mol. The SMILES string of the molecule is O=[N+]([O-])c1ccc(C=NNc2nc(Nc3ccccc3)nc(Nc3ccccc3)n2)o1. The zero-order valence-electron chi connectivity index (χ0n) is 16.0. The molecule has 0 saturated carbocycles. The highest BCUT2D eigenvalue weighted by Gasteiger charge is 2.11. The first-order valence-corrected chi connectivity index (χ1v) is 9.09. The number of nitrogens with one attached hydrogen (secondary N) is 3. The highest BCUT2D eigenvalue weighted by molar-refractivity contribution is 5.76. The van der Waals surface area contributed by atoms with Crippen LogP contribution in [0, 0.1) is 10.1 Å². The average Bonchev–Trinajstić information content (AvgIpc) is 3.24. The van der Waals surface area contributed by atoms with Gasteiger partial charge in [0, 0.05) is 11.4 Å². The summed E-state index contributed by atoms with van der Waals surface area (Å²) in [5, 5.41) is 20.9. The largest absolute Gasteiger partial charge is 0.433 e. The lowest BCUT2D eigenvalue weighted by atomic mass is 10.3. The minimum atomic E-state index is -0.625. The summed E-state index contributed by atoms with van der Waals surface area (Å²) in [4.78, 5) is 23.0. The molecule has 0 atom stereocenters. The second-order valence-corrected chi connectivity index (χ2v) is 6.09. The van der Waals surface area contributed by atoms with Crippen molar-refractivity contribution in [3.05, 3.63) is 88.7 Å². The zero-order chi connectivity index (χ0) is 21.5. The van der Waals surface area contributed by atoms with Crippen molar-refractivity contribution in [2.75, 3.05) is 16.1 Å². The average molecular weight is 416 g/mol. The molecule has 2 heterocycles. The molecular formula is C20H16N8O3. The molecular weight excluding hydrogens is 400 g/mol. The van der Waals surface area contributed by atoms with E-state index in [9.17, 15) is 10.1 Å². The van der Waals surface area contributed by atoms with E-state index in [1.54, 1.807) is 0 Å². The Morgan fingerprint density at radius 1 is 0.806 bits per heavy atom. The van der Waals surface area contributed by atoms with Gasteiger partial charge in [-0.1, -0.05) is 36.4 Å². The number of aromatic nitrogens is 3. The fraction of sp³-hybridized carbons (Fsp3) is 0. The van der Waals surface area contributed by atoms with Crippen LogP contribution >= 0.6 is 0 Å². The number of nitrogens with zero attached hydrogens (tertiary/aromatic N) is 5. The van der Waals surface area contributed by atoms with Gasteiger partial charge in [0.1, 0.15) is 4.92 Å². The maximum Gasteiger partial charge on any atom is 0.433 e. The number of furan rings is 1. The van der Waals surface area contributed by atoms with Crippen LogP contribution in [0.25, 0.3) is 0 Å². The second-order valence-electron chi connectivity index (χ2n) is 6.09. The number of hydrogen-bond donors (Lipinski definition) is 3. The summed E-state index contributed by atoms with van der Waals surface area (Å²) in [6, 6.07) is 21.5. The lowest BCUT2D eigenvalue weighted by Crippen LogP contribution is -2.07. The summed E-state index contributed by atoms with van der Waals surface area (Å²) in [7, 11) is 0. The topological polar surface area (TPSA) is 143 Å². The summed E-state index contributed by atoms with van der Waals surface area (Å²) in [5.41, 5.74) is 4.29. The molecule has 0 radical (unpaired) electrons. The van der Waals surface area contributed by atoms with Gasteiger partial charge >= 0.3 is 5.88 Å². The Morgan fingerprint density at radius 3 is 1.87 bits per heavy atom. The van der Waals surface area contributed by atoms with E-state index in [2.05, 4.69) is 36.1 Å². The van der Waals surface area contributed by atoms with Gasteiger partial charge in [-0.25, -0.2) is 5.43 Å². The molecule has 0 aliphatic carbocycles. The minimum absolute atomic E-state index is 0.157. The van der Waals surface area contributed by atoms with E-state index in [4.69, 9.17) is 4.42 Å². The molecule has 11 nitrogen and oxygen atoms in total. The van der Waals surface area contributed by atoms with Gasteiger partial charge in [-0.05, 0) is 30.3 Å². The molecule has 154 valence electrons. The summed E-state index contributed by atoms with van der Waals surface area (Å²) < 4.78 is 5.02. The van der Waals surface area contributed by atoms with Gasteiger partial charge in [0.25, 0.3) is 0 Å². The van der Waals surface area contributed by atoms with E-state index in [1.165, 1.54) is 18.3 Å². The van der Waals surface area contributed by atoms with Gasteiger partial charge in [0.2, 0.25) is 17.8 Å². The van der Waals surface area contributed by atoms with Crippen molar-refractivity contribution in [2.24, 2.45) is 5.10 Å². The third kappa shape index (κ3) is 5.38. The first-order valence-electron chi connectivity index (χ1n) is 9.09. The molecule has 0 aliphatic rings. The second kappa shape index (κ2) is 9.13. The predicted molar refractivity (Wildman–Crippen MR) is 116 cm³/mol. The third-order valence-electron chi connectivity index (χ3n) is 3.84. The number of anilines is 5. The third-order valence-corrected chi connectivity index (χ3v) is 3.84. The Labute approximate surface area is 176 Å². The van der Waals surface area contributed by atoms with Gasteiger partial charge in [0.05, 0.1) is 12.3 Å². The number of hydrogen-bond acceptors (Lipinski definition) is 10. The lowest BCUT2D eigenvalue weighted by molar-refractivity contribution is -0.402. The van der Waals surface area contributed by atoms with E-state index in [-0.39, 0.29) is 17.6 Å². The summed E-state index contributed by atoms with van der Waals surface area (Å²) in [6.45, 7) is 0. The quantitative estimate of drug-likeness (QED) is 0.217. The standard InChI is InChI=1S/C20H16N8O3/c29-28(30)17-12-11-16(31-17)13-21-27-20-25-18(22-14-7-3-1-4-8-14)24-19(26-20)23-15-9-5-2-6-10-15/h1-13H,(H3,22,23,24,25,26,27).